The van der Waals surface area contributed by atoms with Crippen LogP contribution in [-0.4, -0.2) is 36.5 Å². The van der Waals surface area contributed by atoms with Crippen molar-refractivity contribution in [3.05, 3.63) is 65.5 Å². The maximum atomic E-state index is 4.34. The molecule has 0 bridgehead atoms. The lowest BCUT2D eigenvalue weighted by atomic mass is 10.1. The van der Waals surface area contributed by atoms with E-state index >= 15 is 0 Å². The topological polar surface area (TPSA) is 40.5 Å². The Morgan fingerprint density at radius 1 is 1.18 bits per heavy atom. The van der Waals surface area contributed by atoms with Crippen molar-refractivity contribution in [2.24, 2.45) is 4.99 Å². The number of nitrogens with one attached hydrogen (secondary N) is 1. The number of hydrogen-bond donors (Lipinski definition) is 1. The van der Waals surface area contributed by atoms with Gasteiger partial charge in [-0.05, 0) is 24.6 Å². The van der Waals surface area contributed by atoms with Gasteiger partial charge in [-0.15, -0.1) is 0 Å². The van der Waals surface area contributed by atoms with E-state index in [9.17, 15) is 0 Å². The Bertz CT molecular complexity index is 590. The Kier molecular flexibility index (Phi) is 5.95. The highest BCUT2D eigenvalue weighted by atomic mass is 15.3. The number of aromatic nitrogens is 1. The van der Waals surface area contributed by atoms with Crippen LogP contribution in [0.2, 0.25) is 0 Å². The van der Waals surface area contributed by atoms with Crippen LogP contribution < -0.4 is 5.32 Å². The fourth-order valence-corrected chi connectivity index (χ4v) is 2.28. The fraction of sp³-hybridized carbons (Fsp3) is 0.333. The minimum atomic E-state index is 0.821. The van der Waals surface area contributed by atoms with Gasteiger partial charge < -0.3 is 10.2 Å². The number of rotatable bonds is 5. The van der Waals surface area contributed by atoms with Gasteiger partial charge in [0, 0.05) is 45.5 Å². The van der Waals surface area contributed by atoms with E-state index in [0.29, 0.717) is 0 Å². The summed E-state index contributed by atoms with van der Waals surface area (Å²) in [4.78, 5) is 10.8. The van der Waals surface area contributed by atoms with E-state index in [1.54, 1.807) is 0 Å². The number of pyridine rings is 1. The van der Waals surface area contributed by atoms with Gasteiger partial charge in [0.2, 0.25) is 0 Å². The minimum Gasteiger partial charge on any atom is -0.356 e. The van der Waals surface area contributed by atoms with Crippen LogP contribution >= 0.6 is 0 Å². The summed E-state index contributed by atoms with van der Waals surface area (Å²) in [6.07, 6.45) is 2.71. The van der Waals surface area contributed by atoms with Gasteiger partial charge in [0.1, 0.15) is 0 Å². The van der Waals surface area contributed by atoms with Crippen LogP contribution in [0.1, 0.15) is 16.8 Å². The van der Waals surface area contributed by atoms with Gasteiger partial charge in [-0.25, -0.2) is 0 Å². The second kappa shape index (κ2) is 8.17. The predicted octanol–water partition coefficient (Wildman–Crippen LogP) is 2.64. The van der Waals surface area contributed by atoms with E-state index in [2.05, 4.69) is 58.4 Å². The molecule has 22 heavy (non-hydrogen) atoms. The molecule has 2 rings (SSSR count). The van der Waals surface area contributed by atoms with Crippen LogP contribution in [0.4, 0.5) is 0 Å². The first-order valence-corrected chi connectivity index (χ1v) is 7.56. The van der Waals surface area contributed by atoms with Crippen LogP contribution in [0.3, 0.4) is 0 Å². The summed E-state index contributed by atoms with van der Waals surface area (Å²) >= 11 is 0. The summed E-state index contributed by atoms with van der Waals surface area (Å²) in [5, 5.41) is 3.39. The summed E-state index contributed by atoms with van der Waals surface area (Å²) < 4.78 is 0. The molecular weight excluding hydrogens is 272 g/mol. The van der Waals surface area contributed by atoms with E-state index in [4.69, 9.17) is 0 Å². The molecule has 1 aromatic carbocycles. The molecule has 0 aliphatic rings. The molecular formula is C18H24N4. The maximum Gasteiger partial charge on any atom is 0.193 e. The Morgan fingerprint density at radius 2 is 1.95 bits per heavy atom. The normalized spacial score (nSPS) is 11.3. The minimum absolute atomic E-state index is 0.821. The molecule has 2 aromatic rings. The standard InChI is InChI=1S/C18H24N4/c1-15-7-9-16(10-8-15)14-22(3)18(19-2)21-13-11-17-6-4-5-12-20-17/h4-10,12H,11,13-14H2,1-3H3,(H,19,21). The van der Waals surface area contributed by atoms with Gasteiger partial charge in [0.05, 0.1) is 0 Å². The highest BCUT2D eigenvalue weighted by Crippen LogP contribution is 2.06. The summed E-state index contributed by atoms with van der Waals surface area (Å²) in [5.41, 5.74) is 3.65. The number of benzene rings is 1. The average molecular weight is 296 g/mol. The second-order valence-corrected chi connectivity index (χ2v) is 5.39. The first-order chi connectivity index (χ1) is 10.7. The lowest BCUT2D eigenvalue weighted by Gasteiger charge is -2.22. The van der Waals surface area contributed by atoms with Gasteiger partial charge in [0.15, 0.2) is 5.96 Å². The lowest BCUT2D eigenvalue weighted by Crippen LogP contribution is -2.39. The summed E-state index contributed by atoms with van der Waals surface area (Å²) in [6, 6.07) is 14.6. The molecule has 116 valence electrons. The van der Waals surface area contributed by atoms with Crippen LogP contribution in [0, 0.1) is 6.92 Å². The zero-order valence-corrected chi connectivity index (χ0v) is 13.6. The Hall–Kier alpha value is -2.36. The largest absolute Gasteiger partial charge is 0.356 e. The number of nitrogens with zero attached hydrogens (tertiary/aromatic N) is 3. The van der Waals surface area contributed by atoms with Gasteiger partial charge in [-0.3, -0.25) is 9.98 Å². The third kappa shape index (κ3) is 4.88. The average Bonchev–Trinajstić information content (AvgIpc) is 2.54. The third-order valence-corrected chi connectivity index (χ3v) is 3.50. The molecule has 4 heteroatoms. The molecule has 0 aliphatic carbocycles. The number of aryl methyl sites for hydroxylation is 1. The monoisotopic (exact) mass is 296 g/mol. The quantitative estimate of drug-likeness (QED) is 0.681. The zero-order valence-electron chi connectivity index (χ0n) is 13.6. The van der Waals surface area contributed by atoms with Gasteiger partial charge in [-0.1, -0.05) is 35.9 Å². The Morgan fingerprint density at radius 3 is 2.59 bits per heavy atom. The van der Waals surface area contributed by atoms with Gasteiger partial charge in [0.25, 0.3) is 0 Å². The molecule has 1 heterocycles. The van der Waals surface area contributed by atoms with Crippen LogP contribution in [0.25, 0.3) is 0 Å². The summed E-state index contributed by atoms with van der Waals surface area (Å²) in [6.45, 7) is 3.76. The highest BCUT2D eigenvalue weighted by Gasteiger charge is 2.06. The molecule has 0 unspecified atom stereocenters. The van der Waals surface area contributed by atoms with Crippen molar-refractivity contribution in [3.8, 4) is 0 Å². The van der Waals surface area contributed by atoms with Crippen LogP contribution in [0.15, 0.2) is 53.7 Å². The molecule has 0 aliphatic heterocycles. The van der Waals surface area contributed by atoms with Crippen molar-refractivity contribution in [2.75, 3.05) is 20.6 Å². The van der Waals surface area contributed by atoms with E-state index in [0.717, 1.165) is 31.2 Å². The number of guanidine groups is 1. The van der Waals surface area contributed by atoms with E-state index < -0.39 is 0 Å². The first-order valence-electron chi connectivity index (χ1n) is 7.56. The van der Waals surface area contributed by atoms with Crippen LogP contribution in [0.5, 0.6) is 0 Å². The van der Waals surface area contributed by atoms with Gasteiger partial charge >= 0.3 is 0 Å². The summed E-state index contributed by atoms with van der Waals surface area (Å²) in [5.74, 6) is 0.900. The Balaban J connectivity index is 1.84. The zero-order chi connectivity index (χ0) is 15.8. The van der Waals surface area contributed by atoms with Gasteiger partial charge in [-0.2, -0.15) is 0 Å². The molecule has 0 atom stereocenters. The maximum absolute atomic E-state index is 4.34. The molecule has 4 nitrogen and oxygen atoms in total. The van der Waals surface area contributed by atoms with Crippen molar-refractivity contribution in [3.63, 3.8) is 0 Å². The molecule has 1 N–H and O–H groups in total. The molecule has 1 aromatic heterocycles. The van der Waals surface area contributed by atoms with Crippen molar-refractivity contribution >= 4 is 5.96 Å². The molecule has 0 fully saturated rings. The number of aliphatic imine (C=N–C) groups is 1. The Labute approximate surface area is 132 Å². The van der Waals surface area contributed by atoms with E-state index in [-0.39, 0.29) is 0 Å². The molecule has 0 saturated heterocycles. The predicted molar refractivity (Wildman–Crippen MR) is 91.9 cm³/mol. The molecule has 0 spiro atoms. The molecule has 0 radical (unpaired) electrons. The highest BCUT2D eigenvalue weighted by molar-refractivity contribution is 5.79. The molecule has 0 saturated carbocycles. The number of hydrogen-bond acceptors (Lipinski definition) is 2. The van der Waals surface area contributed by atoms with E-state index in [1.807, 2.05) is 31.4 Å². The van der Waals surface area contributed by atoms with Crippen LogP contribution in [-0.2, 0) is 13.0 Å². The third-order valence-electron chi connectivity index (χ3n) is 3.50. The SMILES string of the molecule is CN=C(NCCc1ccccn1)N(C)Cc1ccc(C)cc1. The first kappa shape index (κ1) is 16.0. The molecule has 0 amide bonds. The van der Waals surface area contributed by atoms with Crippen molar-refractivity contribution in [1.82, 2.24) is 15.2 Å². The second-order valence-electron chi connectivity index (χ2n) is 5.39. The smallest absolute Gasteiger partial charge is 0.193 e. The lowest BCUT2D eigenvalue weighted by molar-refractivity contribution is 0.477. The van der Waals surface area contributed by atoms with Crippen molar-refractivity contribution in [1.29, 1.82) is 0 Å². The summed E-state index contributed by atoms with van der Waals surface area (Å²) in [7, 11) is 3.87. The van der Waals surface area contributed by atoms with Crippen molar-refractivity contribution in [2.45, 2.75) is 19.9 Å². The fourth-order valence-electron chi connectivity index (χ4n) is 2.28. The van der Waals surface area contributed by atoms with E-state index in [1.165, 1.54) is 11.1 Å². The van der Waals surface area contributed by atoms with Crippen molar-refractivity contribution < 1.29 is 0 Å².